The Balaban J connectivity index is 2.59. The van der Waals surface area contributed by atoms with Crippen LogP contribution in [-0.4, -0.2) is 16.7 Å². The molecule has 1 aromatic rings. The van der Waals surface area contributed by atoms with Gasteiger partial charge in [-0.2, -0.15) is 0 Å². The van der Waals surface area contributed by atoms with E-state index in [2.05, 4.69) is 0 Å². The molecule has 0 aromatic heterocycles. The number of aromatic carboxylic acids is 1. The van der Waals surface area contributed by atoms with Gasteiger partial charge in [0.05, 0.1) is 0 Å². The monoisotopic (exact) mass is 226 g/mol. The molecule has 1 aliphatic rings. The third-order valence-corrected chi connectivity index (χ3v) is 3.29. The predicted octanol–water partition coefficient (Wildman–Crippen LogP) is 2.84. The van der Waals surface area contributed by atoms with Crippen molar-refractivity contribution in [2.75, 3.05) is 0 Å². The van der Waals surface area contributed by atoms with E-state index in [4.69, 9.17) is 21.4 Å². The lowest BCUT2D eigenvalue weighted by Gasteiger charge is -2.21. The maximum absolute atomic E-state index is 11.0. The molecule has 1 heterocycles. The molecule has 80 valence electrons. The Morgan fingerprint density at radius 1 is 1.53 bits per heavy atom. The van der Waals surface area contributed by atoms with Gasteiger partial charge in [-0.15, -0.1) is 11.6 Å². The summed E-state index contributed by atoms with van der Waals surface area (Å²) in [6, 6.07) is 5.00. The van der Waals surface area contributed by atoms with E-state index in [1.165, 1.54) is 6.07 Å². The zero-order valence-corrected chi connectivity index (χ0v) is 9.21. The number of ether oxygens (including phenoxy) is 1. The largest absolute Gasteiger partial charge is 0.485 e. The smallest absolute Gasteiger partial charge is 0.339 e. The van der Waals surface area contributed by atoms with E-state index in [0.717, 1.165) is 5.56 Å². The molecule has 1 aromatic carbocycles. The average molecular weight is 227 g/mol. The first-order valence-electron chi connectivity index (χ1n) is 4.63. The van der Waals surface area contributed by atoms with Crippen LogP contribution >= 0.6 is 11.6 Å². The zero-order chi connectivity index (χ0) is 11.2. The second kappa shape index (κ2) is 3.14. The second-order valence-corrected chi connectivity index (χ2v) is 4.53. The summed E-state index contributed by atoms with van der Waals surface area (Å²) in [5.41, 5.74) is 0.361. The van der Waals surface area contributed by atoms with Gasteiger partial charge in [0, 0.05) is 5.56 Å². The van der Waals surface area contributed by atoms with Crippen LogP contribution in [0.1, 0.15) is 35.1 Å². The molecule has 2 rings (SSSR count). The molecule has 0 spiro atoms. The summed E-state index contributed by atoms with van der Waals surface area (Å²) < 4.78 is 5.59. The van der Waals surface area contributed by atoms with Crippen molar-refractivity contribution in [2.24, 2.45) is 0 Å². The molecule has 1 N–H and O–H groups in total. The van der Waals surface area contributed by atoms with Crippen molar-refractivity contribution in [3.05, 3.63) is 29.3 Å². The van der Waals surface area contributed by atoms with E-state index in [-0.39, 0.29) is 10.9 Å². The summed E-state index contributed by atoms with van der Waals surface area (Å²) in [5, 5.41) is 8.67. The lowest BCUT2D eigenvalue weighted by molar-refractivity contribution is 0.0685. The van der Waals surface area contributed by atoms with Gasteiger partial charge in [-0.1, -0.05) is 12.1 Å². The number of carboxylic acids is 1. The van der Waals surface area contributed by atoms with Crippen LogP contribution in [0, 0.1) is 0 Å². The van der Waals surface area contributed by atoms with Crippen molar-refractivity contribution in [1.82, 2.24) is 0 Å². The topological polar surface area (TPSA) is 46.5 Å². The van der Waals surface area contributed by atoms with Crippen LogP contribution in [0.3, 0.4) is 0 Å². The van der Waals surface area contributed by atoms with Crippen molar-refractivity contribution in [1.29, 1.82) is 0 Å². The summed E-state index contributed by atoms with van der Waals surface area (Å²) >= 11 is 6.19. The number of carboxylic acid groups (broad SMARTS) is 1. The van der Waals surface area contributed by atoms with Gasteiger partial charge in [-0.3, -0.25) is 0 Å². The van der Waals surface area contributed by atoms with Crippen LogP contribution in [0.25, 0.3) is 0 Å². The molecule has 3 nitrogen and oxygen atoms in total. The van der Waals surface area contributed by atoms with Crippen LogP contribution < -0.4 is 4.74 Å². The molecule has 0 bridgehead atoms. The third-order valence-electron chi connectivity index (χ3n) is 2.52. The second-order valence-electron chi connectivity index (χ2n) is 4.10. The van der Waals surface area contributed by atoms with Gasteiger partial charge in [0.25, 0.3) is 0 Å². The highest BCUT2D eigenvalue weighted by Crippen LogP contribution is 2.48. The summed E-state index contributed by atoms with van der Waals surface area (Å²) in [6.07, 6.45) is 0. The number of hydrogen-bond donors (Lipinski definition) is 1. The Morgan fingerprint density at radius 3 is 2.80 bits per heavy atom. The van der Waals surface area contributed by atoms with Gasteiger partial charge < -0.3 is 9.84 Å². The minimum absolute atomic E-state index is 0.170. The molecule has 1 unspecified atom stereocenters. The van der Waals surface area contributed by atoms with Crippen molar-refractivity contribution < 1.29 is 14.6 Å². The van der Waals surface area contributed by atoms with Crippen molar-refractivity contribution in [3.8, 4) is 5.75 Å². The van der Waals surface area contributed by atoms with Crippen LogP contribution in [0.2, 0.25) is 0 Å². The summed E-state index contributed by atoms with van der Waals surface area (Å²) in [5.74, 6) is -0.594. The lowest BCUT2D eigenvalue weighted by atomic mass is 10.00. The number of alkyl halides is 1. The minimum atomic E-state index is -0.992. The number of para-hydroxylation sites is 1. The highest BCUT2D eigenvalue weighted by Gasteiger charge is 2.41. The Bertz CT molecular complexity index is 426. The molecule has 0 radical (unpaired) electrons. The van der Waals surface area contributed by atoms with Gasteiger partial charge in [0.1, 0.15) is 22.3 Å². The molecular weight excluding hydrogens is 216 g/mol. The van der Waals surface area contributed by atoms with Gasteiger partial charge in [-0.05, 0) is 19.9 Å². The maximum atomic E-state index is 11.0. The van der Waals surface area contributed by atoms with Crippen LogP contribution in [0.15, 0.2) is 18.2 Å². The molecule has 0 fully saturated rings. The van der Waals surface area contributed by atoms with Crippen molar-refractivity contribution >= 4 is 17.6 Å². The normalized spacial score (nSPS) is 21.9. The van der Waals surface area contributed by atoms with Crippen molar-refractivity contribution in [2.45, 2.75) is 24.8 Å². The molecule has 15 heavy (non-hydrogen) atoms. The molecule has 0 amide bonds. The number of rotatable bonds is 1. The van der Waals surface area contributed by atoms with Crippen LogP contribution in [0.5, 0.6) is 5.75 Å². The Kier molecular flexibility index (Phi) is 2.15. The summed E-state index contributed by atoms with van der Waals surface area (Å²) in [6.45, 7) is 3.69. The Hall–Kier alpha value is -1.22. The van der Waals surface area contributed by atoms with E-state index < -0.39 is 11.6 Å². The molecule has 0 aliphatic carbocycles. The van der Waals surface area contributed by atoms with E-state index >= 15 is 0 Å². The lowest BCUT2D eigenvalue weighted by Crippen LogP contribution is -2.27. The van der Waals surface area contributed by atoms with Crippen LogP contribution in [0.4, 0.5) is 0 Å². The number of halogens is 1. The predicted molar refractivity (Wildman–Crippen MR) is 56.7 cm³/mol. The quantitative estimate of drug-likeness (QED) is 0.749. The van der Waals surface area contributed by atoms with Gasteiger partial charge in [0.15, 0.2) is 0 Å². The standard InChI is InChI=1S/C11H11ClO3/c1-11(2)9(12)6-4-3-5-7(10(13)14)8(6)15-11/h3-5,9H,1-2H3,(H,13,14). The highest BCUT2D eigenvalue weighted by atomic mass is 35.5. The number of carbonyl (C=O) groups is 1. The number of hydrogen-bond acceptors (Lipinski definition) is 2. The van der Waals surface area contributed by atoms with Gasteiger partial charge in [0.2, 0.25) is 0 Å². The third kappa shape index (κ3) is 1.47. The Labute approximate surface area is 92.6 Å². The van der Waals surface area contributed by atoms with Crippen molar-refractivity contribution in [3.63, 3.8) is 0 Å². The molecule has 0 saturated heterocycles. The Morgan fingerprint density at radius 2 is 2.20 bits per heavy atom. The number of fused-ring (bicyclic) bond motifs is 1. The molecule has 1 aliphatic heterocycles. The first-order chi connectivity index (χ1) is 6.93. The average Bonchev–Trinajstić information content (AvgIpc) is 2.37. The molecular formula is C11H11ClO3. The maximum Gasteiger partial charge on any atom is 0.339 e. The first-order valence-corrected chi connectivity index (χ1v) is 5.06. The molecule has 4 heteroatoms. The zero-order valence-electron chi connectivity index (χ0n) is 8.45. The van der Waals surface area contributed by atoms with E-state index in [0.29, 0.717) is 5.75 Å². The fourth-order valence-corrected chi connectivity index (χ4v) is 1.94. The van der Waals surface area contributed by atoms with E-state index in [9.17, 15) is 4.79 Å². The number of benzene rings is 1. The fraction of sp³-hybridized carbons (Fsp3) is 0.364. The van der Waals surface area contributed by atoms with E-state index in [1.807, 2.05) is 13.8 Å². The summed E-state index contributed by atoms with van der Waals surface area (Å²) in [7, 11) is 0. The minimum Gasteiger partial charge on any atom is -0.485 e. The molecule has 1 atom stereocenters. The van der Waals surface area contributed by atoms with E-state index in [1.54, 1.807) is 12.1 Å². The van der Waals surface area contributed by atoms with Gasteiger partial charge in [-0.25, -0.2) is 4.79 Å². The fourth-order valence-electron chi connectivity index (χ4n) is 1.73. The highest BCUT2D eigenvalue weighted by molar-refractivity contribution is 6.22. The van der Waals surface area contributed by atoms with Gasteiger partial charge >= 0.3 is 5.97 Å². The van der Waals surface area contributed by atoms with Crippen LogP contribution in [-0.2, 0) is 0 Å². The molecule has 0 saturated carbocycles. The first kappa shape index (κ1) is 10.3. The SMILES string of the molecule is CC1(C)Oc2c(C(=O)O)cccc2C1Cl. The summed E-state index contributed by atoms with van der Waals surface area (Å²) in [4.78, 5) is 11.0.